The predicted molar refractivity (Wildman–Crippen MR) is 66.3 cm³/mol. The molecule has 1 aromatic carbocycles. The number of nitrogens with one attached hydrogen (secondary N) is 1. The van der Waals surface area contributed by atoms with Gasteiger partial charge in [-0.25, -0.2) is 4.39 Å². The molecule has 94 valence electrons. The van der Waals surface area contributed by atoms with Crippen molar-refractivity contribution in [2.75, 3.05) is 13.2 Å². The first-order chi connectivity index (χ1) is 8.02. The molecule has 0 aliphatic rings. The van der Waals surface area contributed by atoms with Crippen LogP contribution in [-0.2, 0) is 4.79 Å². The van der Waals surface area contributed by atoms with Crippen molar-refractivity contribution in [3.05, 3.63) is 28.5 Å². The molecule has 3 N–H and O–H groups in total. The van der Waals surface area contributed by atoms with Gasteiger partial charge in [0.1, 0.15) is 0 Å². The number of rotatable bonds is 5. The van der Waals surface area contributed by atoms with Gasteiger partial charge in [-0.05, 0) is 25.1 Å². The van der Waals surface area contributed by atoms with Gasteiger partial charge in [-0.3, -0.25) is 4.79 Å². The van der Waals surface area contributed by atoms with Crippen molar-refractivity contribution in [3.63, 3.8) is 0 Å². The number of carbonyl (C=O) groups is 1. The lowest BCUT2D eigenvalue weighted by Crippen LogP contribution is -2.40. The van der Waals surface area contributed by atoms with E-state index in [0.717, 1.165) is 0 Å². The van der Waals surface area contributed by atoms with E-state index < -0.39 is 5.82 Å². The SMILES string of the molecule is C[C@@H](CN)NC(=O)COc1ccc(Br)cc1F. The minimum Gasteiger partial charge on any atom is -0.481 e. The Labute approximate surface area is 107 Å². The molecule has 0 aromatic heterocycles. The summed E-state index contributed by atoms with van der Waals surface area (Å²) in [5, 5.41) is 2.61. The number of halogens is 2. The number of carbonyl (C=O) groups excluding carboxylic acids is 1. The van der Waals surface area contributed by atoms with Crippen molar-refractivity contribution in [1.82, 2.24) is 5.32 Å². The third-order valence-corrected chi connectivity index (χ3v) is 2.51. The van der Waals surface area contributed by atoms with Crippen LogP contribution in [-0.4, -0.2) is 25.1 Å². The maximum Gasteiger partial charge on any atom is 0.258 e. The molecule has 0 bridgehead atoms. The number of hydrogen-bond donors (Lipinski definition) is 2. The van der Waals surface area contributed by atoms with Crippen molar-refractivity contribution in [1.29, 1.82) is 0 Å². The quantitative estimate of drug-likeness (QED) is 0.865. The highest BCUT2D eigenvalue weighted by Crippen LogP contribution is 2.21. The zero-order valence-corrected chi connectivity index (χ0v) is 11.0. The summed E-state index contributed by atoms with van der Waals surface area (Å²) in [5.41, 5.74) is 5.35. The summed E-state index contributed by atoms with van der Waals surface area (Å²) >= 11 is 3.13. The Morgan fingerprint density at radius 3 is 2.94 bits per heavy atom. The number of benzene rings is 1. The van der Waals surface area contributed by atoms with Crippen LogP contribution >= 0.6 is 15.9 Å². The van der Waals surface area contributed by atoms with E-state index in [0.29, 0.717) is 11.0 Å². The van der Waals surface area contributed by atoms with Gasteiger partial charge in [0.2, 0.25) is 0 Å². The molecule has 4 nitrogen and oxygen atoms in total. The summed E-state index contributed by atoms with van der Waals surface area (Å²) in [6, 6.07) is 4.24. The van der Waals surface area contributed by atoms with Gasteiger partial charge in [-0.15, -0.1) is 0 Å². The fraction of sp³-hybridized carbons (Fsp3) is 0.364. The van der Waals surface area contributed by atoms with Gasteiger partial charge in [-0.2, -0.15) is 0 Å². The van der Waals surface area contributed by atoms with E-state index in [4.69, 9.17) is 10.5 Å². The number of amides is 1. The first-order valence-electron chi connectivity index (χ1n) is 5.10. The van der Waals surface area contributed by atoms with Crippen LogP contribution in [0.4, 0.5) is 4.39 Å². The first-order valence-corrected chi connectivity index (χ1v) is 5.89. The van der Waals surface area contributed by atoms with E-state index in [1.54, 1.807) is 13.0 Å². The van der Waals surface area contributed by atoms with Crippen molar-refractivity contribution >= 4 is 21.8 Å². The Hall–Kier alpha value is -1.14. The van der Waals surface area contributed by atoms with Crippen molar-refractivity contribution in [2.45, 2.75) is 13.0 Å². The van der Waals surface area contributed by atoms with Gasteiger partial charge >= 0.3 is 0 Å². The van der Waals surface area contributed by atoms with Crippen LogP contribution in [0.5, 0.6) is 5.75 Å². The maximum absolute atomic E-state index is 13.3. The summed E-state index contributed by atoms with van der Waals surface area (Å²) in [6.07, 6.45) is 0. The Morgan fingerprint density at radius 2 is 2.35 bits per heavy atom. The highest BCUT2D eigenvalue weighted by atomic mass is 79.9. The normalized spacial score (nSPS) is 12.0. The topological polar surface area (TPSA) is 64.3 Å². The van der Waals surface area contributed by atoms with Gasteiger partial charge in [0, 0.05) is 17.1 Å². The van der Waals surface area contributed by atoms with E-state index >= 15 is 0 Å². The van der Waals surface area contributed by atoms with Crippen LogP contribution < -0.4 is 15.8 Å². The number of nitrogens with two attached hydrogens (primary N) is 1. The van der Waals surface area contributed by atoms with Crippen LogP contribution in [0.15, 0.2) is 22.7 Å². The molecule has 0 heterocycles. The summed E-state index contributed by atoms with van der Waals surface area (Å²) in [4.78, 5) is 11.3. The van der Waals surface area contributed by atoms with Gasteiger partial charge in [0.25, 0.3) is 5.91 Å². The molecule has 0 aliphatic heterocycles. The van der Waals surface area contributed by atoms with Crippen molar-refractivity contribution in [3.8, 4) is 5.75 Å². The molecular weight excluding hydrogens is 291 g/mol. The minimum absolute atomic E-state index is 0.0451. The zero-order chi connectivity index (χ0) is 12.8. The van der Waals surface area contributed by atoms with Crippen LogP contribution in [0.2, 0.25) is 0 Å². The molecule has 6 heteroatoms. The zero-order valence-electron chi connectivity index (χ0n) is 9.37. The Kier molecular flexibility index (Phi) is 5.37. The summed E-state index contributed by atoms with van der Waals surface area (Å²) < 4.78 is 19.0. The number of ether oxygens (including phenoxy) is 1. The molecule has 0 aliphatic carbocycles. The van der Waals surface area contributed by atoms with E-state index in [2.05, 4.69) is 21.2 Å². The molecule has 1 amide bonds. The molecule has 0 radical (unpaired) electrons. The lowest BCUT2D eigenvalue weighted by molar-refractivity contribution is -0.123. The monoisotopic (exact) mass is 304 g/mol. The molecule has 0 fully saturated rings. The van der Waals surface area contributed by atoms with Gasteiger partial charge in [-0.1, -0.05) is 15.9 Å². The van der Waals surface area contributed by atoms with E-state index in [-0.39, 0.29) is 24.3 Å². The second kappa shape index (κ2) is 6.56. The highest BCUT2D eigenvalue weighted by molar-refractivity contribution is 9.10. The molecular formula is C11H14BrFN2O2. The largest absolute Gasteiger partial charge is 0.481 e. The molecule has 1 atom stereocenters. The molecule has 1 aromatic rings. The fourth-order valence-electron chi connectivity index (χ4n) is 1.11. The Morgan fingerprint density at radius 1 is 1.65 bits per heavy atom. The second-order valence-electron chi connectivity index (χ2n) is 3.57. The molecule has 0 unspecified atom stereocenters. The summed E-state index contributed by atoms with van der Waals surface area (Å²) in [7, 11) is 0. The molecule has 0 saturated carbocycles. The smallest absolute Gasteiger partial charge is 0.258 e. The van der Waals surface area contributed by atoms with Crippen LogP contribution in [0.1, 0.15) is 6.92 Å². The Balaban J connectivity index is 2.47. The summed E-state index contributed by atoms with van der Waals surface area (Å²) in [6.45, 7) is 1.89. The van der Waals surface area contributed by atoms with Gasteiger partial charge < -0.3 is 15.8 Å². The van der Waals surface area contributed by atoms with Crippen molar-refractivity contribution < 1.29 is 13.9 Å². The first kappa shape index (κ1) is 13.9. The molecule has 0 spiro atoms. The standard InChI is InChI=1S/C11H14BrFN2O2/c1-7(5-14)15-11(16)6-17-10-3-2-8(12)4-9(10)13/h2-4,7H,5-6,14H2,1H3,(H,15,16)/t7-/m0/s1. The third-order valence-electron chi connectivity index (χ3n) is 2.01. The van der Waals surface area contributed by atoms with Gasteiger partial charge in [0.05, 0.1) is 0 Å². The van der Waals surface area contributed by atoms with Gasteiger partial charge in [0.15, 0.2) is 18.2 Å². The average molecular weight is 305 g/mol. The van der Waals surface area contributed by atoms with Crippen molar-refractivity contribution in [2.24, 2.45) is 5.73 Å². The minimum atomic E-state index is -0.515. The molecule has 17 heavy (non-hydrogen) atoms. The summed E-state index contributed by atoms with van der Waals surface area (Å²) in [5.74, 6) is -0.798. The lowest BCUT2D eigenvalue weighted by Gasteiger charge is -2.12. The maximum atomic E-state index is 13.3. The number of hydrogen-bond acceptors (Lipinski definition) is 3. The Bertz CT molecular complexity index is 401. The average Bonchev–Trinajstić information content (AvgIpc) is 2.27. The second-order valence-corrected chi connectivity index (χ2v) is 4.48. The van der Waals surface area contributed by atoms with E-state index in [1.807, 2.05) is 0 Å². The highest BCUT2D eigenvalue weighted by Gasteiger charge is 2.09. The van der Waals surface area contributed by atoms with E-state index in [9.17, 15) is 9.18 Å². The molecule has 0 saturated heterocycles. The van der Waals surface area contributed by atoms with Crippen LogP contribution in [0.25, 0.3) is 0 Å². The fourth-order valence-corrected chi connectivity index (χ4v) is 1.44. The van der Waals surface area contributed by atoms with E-state index in [1.165, 1.54) is 12.1 Å². The lowest BCUT2D eigenvalue weighted by atomic mass is 10.3. The van der Waals surface area contributed by atoms with Crippen LogP contribution in [0.3, 0.4) is 0 Å². The predicted octanol–water partition coefficient (Wildman–Crippen LogP) is 1.43. The third kappa shape index (κ3) is 4.70. The molecule has 1 rings (SSSR count). The van der Waals surface area contributed by atoms with Crippen LogP contribution in [0, 0.1) is 5.82 Å².